The van der Waals surface area contributed by atoms with E-state index in [-0.39, 0.29) is 5.82 Å². The molecule has 0 aliphatic carbocycles. The molecule has 0 bridgehead atoms. The van der Waals surface area contributed by atoms with Crippen LogP contribution in [-0.4, -0.2) is 26.2 Å². The number of guanidine groups is 1. The first-order valence-corrected chi connectivity index (χ1v) is 8.11. The maximum atomic E-state index is 13.6. The summed E-state index contributed by atoms with van der Waals surface area (Å²) in [5, 5.41) is 6.43. The Labute approximate surface area is 142 Å². The van der Waals surface area contributed by atoms with Gasteiger partial charge in [-0.15, -0.1) is 0 Å². The van der Waals surface area contributed by atoms with Crippen LogP contribution in [-0.2, 0) is 13.0 Å². The lowest BCUT2D eigenvalue weighted by molar-refractivity contribution is 0.414. The summed E-state index contributed by atoms with van der Waals surface area (Å²) < 4.78 is 18.8. The number of hydrogen-bond acceptors (Lipinski definition) is 2. The number of hydrogen-bond donors (Lipinski definition) is 2. The van der Waals surface area contributed by atoms with Crippen LogP contribution in [0.15, 0.2) is 53.5 Å². The van der Waals surface area contributed by atoms with Gasteiger partial charge in [0.2, 0.25) is 0 Å². The fourth-order valence-electron chi connectivity index (χ4n) is 2.26. The summed E-state index contributed by atoms with van der Waals surface area (Å²) in [4.78, 5) is 4.55. The highest BCUT2D eigenvalue weighted by Crippen LogP contribution is 2.11. The van der Waals surface area contributed by atoms with Crippen LogP contribution in [0.3, 0.4) is 0 Å². The summed E-state index contributed by atoms with van der Waals surface area (Å²) in [7, 11) is 1.65. The van der Waals surface area contributed by atoms with E-state index in [1.807, 2.05) is 37.3 Å². The van der Waals surface area contributed by atoms with Crippen LogP contribution in [0.4, 0.5) is 4.39 Å². The number of halogens is 1. The first-order valence-electron chi connectivity index (χ1n) is 8.11. The molecule has 24 heavy (non-hydrogen) atoms. The van der Waals surface area contributed by atoms with Crippen LogP contribution in [0.5, 0.6) is 5.75 Å². The molecule has 0 unspecified atom stereocenters. The van der Waals surface area contributed by atoms with Gasteiger partial charge in [0.1, 0.15) is 11.6 Å². The molecule has 4 nitrogen and oxygen atoms in total. The van der Waals surface area contributed by atoms with Gasteiger partial charge in [-0.3, -0.25) is 0 Å². The largest absolute Gasteiger partial charge is 0.497 e. The second-order valence-corrected chi connectivity index (χ2v) is 5.31. The summed E-state index contributed by atoms with van der Waals surface area (Å²) >= 11 is 0. The summed E-state index contributed by atoms with van der Waals surface area (Å²) in [6.07, 6.45) is 0.611. The Balaban J connectivity index is 1.89. The highest BCUT2D eigenvalue weighted by molar-refractivity contribution is 5.79. The van der Waals surface area contributed by atoms with E-state index in [9.17, 15) is 4.39 Å². The van der Waals surface area contributed by atoms with E-state index in [1.54, 1.807) is 19.2 Å². The number of nitrogens with one attached hydrogen (secondary N) is 2. The Morgan fingerprint density at radius 1 is 1.08 bits per heavy atom. The monoisotopic (exact) mass is 329 g/mol. The Bertz CT molecular complexity index is 656. The van der Waals surface area contributed by atoms with Crippen LogP contribution in [0, 0.1) is 5.82 Å². The standard InChI is InChI=1S/C19H24FN3O/c1-3-21-19(22-13-12-16-6-4-5-7-18(16)20)23-14-15-8-10-17(24-2)11-9-15/h4-11H,3,12-14H2,1-2H3,(H2,21,22,23). The van der Waals surface area contributed by atoms with Crippen molar-refractivity contribution in [3.63, 3.8) is 0 Å². The molecule has 0 atom stereocenters. The van der Waals surface area contributed by atoms with Crippen molar-refractivity contribution >= 4 is 5.96 Å². The highest BCUT2D eigenvalue weighted by atomic mass is 19.1. The van der Waals surface area contributed by atoms with Gasteiger partial charge in [-0.1, -0.05) is 30.3 Å². The number of nitrogens with zero attached hydrogens (tertiary/aromatic N) is 1. The first-order chi connectivity index (χ1) is 11.7. The smallest absolute Gasteiger partial charge is 0.191 e. The molecular formula is C19H24FN3O. The molecule has 0 fully saturated rings. The molecule has 0 aromatic heterocycles. The van der Waals surface area contributed by atoms with Gasteiger partial charge in [0.15, 0.2) is 5.96 Å². The van der Waals surface area contributed by atoms with E-state index in [2.05, 4.69) is 15.6 Å². The molecular weight excluding hydrogens is 305 g/mol. The van der Waals surface area contributed by atoms with E-state index in [0.717, 1.165) is 23.8 Å². The molecule has 0 saturated carbocycles. The van der Waals surface area contributed by atoms with Crippen molar-refractivity contribution < 1.29 is 9.13 Å². The lowest BCUT2D eigenvalue weighted by Gasteiger charge is -2.11. The Hall–Kier alpha value is -2.56. The lowest BCUT2D eigenvalue weighted by Crippen LogP contribution is -2.38. The average molecular weight is 329 g/mol. The van der Waals surface area contributed by atoms with E-state index in [1.165, 1.54) is 6.07 Å². The minimum atomic E-state index is -0.167. The maximum absolute atomic E-state index is 13.6. The average Bonchev–Trinajstić information content (AvgIpc) is 2.61. The maximum Gasteiger partial charge on any atom is 0.191 e. The third-order valence-electron chi connectivity index (χ3n) is 3.57. The van der Waals surface area contributed by atoms with Crippen LogP contribution >= 0.6 is 0 Å². The predicted molar refractivity (Wildman–Crippen MR) is 95.9 cm³/mol. The summed E-state index contributed by atoms with van der Waals surface area (Å²) in [6.45, 7) is 3.98. The molecule has 128 valence electrons. The molecule has 0 aliphatic heterocycles. The van der Waals surface area contributed by atoms with Crippen LogP contribution in [0.25, 0.3) is 0 Å². The van der Waals surface area contributed by atoms with Crippen molar-refractivity contribution in [2.24, 2.45) is 4.99 Å². The van der Waals surface area contributed by atoms with Gasteiger partial charge >= 0.3 is 0 Å². The van der Waals surface area contributed by atoms with Gasteiger partial charge in [0, 0.05) is 13.1 Å². The van der Waals surface area contributed by atoms with Crippen molar-refractivity contribution in [3.05, 3.63) is 65.5 Å². The fourth-order valence-corrected chi connectivity index (χ4v) is 2.26. The molecule has 2 aromatic carbocycles. The van der Waals surface area contributed by atoms with Gasteiger partial charge in [0.05, 0.1) is 13.7 Å². The molecule has 0 amide bonds. The van der Waals surface area contributed by atoms with E-state index in [0.29, 0.717) is 25.1 Å². The predicted octanol–water partition coefficient (Wildman–Crippen LogP) is 3.13. The Morgan fingerprint density at radius 3 is 2.50 bits per heavy atom. The van der Waals surface area contributed by atoms with Gasteiger partial charge < -0.3 is 15.4 Å². The van der Waals surface area contributed by atoms with Gasteiger partial charge in [0.25, 0.3) is 0 Å². The summed E-state index contributed by atoms with van der Waals surface area (Å²) in [6, 6.07) is 14.7. The van der Waals surface area contributed by atoms with E-state index < -0.39 is 0 Å². The zero-order chi connectivity index (χ0) is 17.2. The van der Waals surface area contributed by atoms with Gasteiger partial charge in [-0.25, -0.2) is 9.38 Å². The molecule has 2 aromatic rings. The quantitative estimate of drug-likeness (QED) is 0.606. The van der Waals surface area contributed by atoms with Crippen LogP contribution in [0.2, 0.25) is 0 Å². The molecule has 0 radical (unpaired) electrons. The zero-order valence-corrected chi connectivity index (χ0v) is 14.2. The molecule has 2 rings (SSSR count). The first kappa shape index (κ1) is 17.8. The molecule has 0 heterocycles. The SMILES string of the molecule is CCNC(=NCc1ccc(OC)cc1)NCCc1ccccc1F. The zero-order valence-electron chi connectivity index (χ0n) is 14.2. The van der Waals surface area contributed by atoms with Crippen molar-refractivity contribution in [2.75, 3.05) is 20.2 Å². The van der Waals surface area contributed by atoms with Crippen molar-refractivity contribution in [2.45, 2.75) is 19.9 Å². The topological polar surface area (TPSA) is 45.7 Å². The van der Waals surface area contributed by atoms with E-state index >= 15 is 0 Å². The molecule has 0 saturated heterocycles. The number of methoxy groups -OCH3 is 1. The second kappa shape index (κ2) is 9.55. The van der Waals surface area contributed by atoms with Crippen LogP contribution in [0.1, 0.15) is 18.1 Å². The van der Waals surface area contributed by atoms with Gasteiger partial charge in [-0.2, -0.15) is 0 Å². The lowest BCUT2D eigenvalue weighted by atomic mass is 10.1. The number of ether oxygens (including phenoxy) is 1. The molecule has 5 heteroatoms. The Morgan fingerprint density at radius 2 is 1.83 bits per heavy atom. The molecule has 2 N–H and O–H groups in total. The van der Waals surface area contributed by atoms with Crippen molar-refractivity contribution in [3.8, 4) is 5.75 Å². The fraction of sp³-hybridized carbons (Fsp3) is 0.316. The number of aliphatic imine (C=N–C) groups is 1. The third kappa shape index (κ3) is 5.57. The summed E-state index contributed by atoms with van der Waals surface area (Å²) in [5.41, 5.74) is 1.80. The van der Waals surface area contributed by atoms with Gasteiger partial charge in [-0.05, 0) is 42.7 Å². The second-order valence-electron chi connectivity index (χ2n) is 5.31. The minimum Gasteiger partial charge on any atom is -0.497 e. The minimum absolute atomic E-state index is 0.167. The molecule has 0 spiro atoms. The summed E-state index contributed by atoms with van der Waals surface area (Å²) in [5.74, 6) is 1.39. The highest BCUT2D eigenvalue weighted by Gasteiger charge is 2.02. The Kier molecular flexibility index (Phi) is 7.08. The normalized spacial score (nSPS) is 11.2. The molecule has 0 aliphatic rings. The van der Waals surface area contributed by atoms with E-state index in [4.69, 9.17) is 4.74 Å². The number of rotatable bonds is 7. The van der Waals surface area contributed by atoms with Crippen molar-refractivity contribution in [1.29, 1.82) is 0 Å². The third-order valence-corrected chi connectivity index (χ3v) is 3.57. The number of benzene rings is 2. The van der Waals surface area contributed by atoms with Crippen LogP contribution < -0.4 is 15.4 Å². The van der Waals surface area contributed by atoms with Crippen molar-refractivity contribution in [1.82, 2.24) is 10.6 Å².